The molecule has 134 valence electrons. The number of hydrogen-bond donors (Lipinski definition) is 1. The van der Waals surface area contributed by atoms with Gasteiger partial charge in [-0.15, -0.1) is 0 Å². The molecule has 2 aromatic rings. The Bertz CT molecular complexity index is 731. The maximum Gasteiger partial charge on any atom is 0.434 e. The molecule has 3 rings (SSSR count). The first-order valence-corrected chi connectivity index (χ1v) is 7.84. The van der Waals surface area contributed by atoms with Gasteiger partial charge in [0.15, 0.2) is 12.3 Å². The maximum atomic E-state index is 12.7. The third kappa shape index (κ3) is 4.49. The van der Waals surface area contributed by atoms with Crippen LogP contribution < -0.4 is 10.1 Å². The van der Waals surface area contributed by atoms with Crippen LogP contribution in [0.25, 0.3) is 0 Å². The number of rotatable bonds is 5. The highest BCUT2D eigenvalue weighted by Crippen LogP contribution is 2.30. The second-order valence-electron chi connectivity index (χ2n) is 5.88. The van der Waals surface area contributed by atoms with E-state index in [0.717, 1.165) is 6.20 Å². The van der Waals surface area contributed by atoms with Crippen LogP contribution in [0.2, 0.25) is 0 Å². The number of aromatic nitrogens is 3. The number of fused-ring (bicyclic) bond motifs is 1. The minimum atomic E-state index is -4.43. The van der Waals surface area contributed by atoms with Gasteiger partial charge in [0.2, 0.25) is 0 Å². The lowest BCUT2D eigenvalue weighted by molar-refractivity contribution is -0.141. The Hall–Kier alpha value is -2.58. The quantitative estimate of drug-likeness (QED) is 0.892. The second-order valence-corrected chi connectivity index (χ2v) is 5.88. The summed E-state index contributed by atoms with van der Waals surface area (Å²) in [5.74, 6) is 0.717. The lowest BCUT2D eigenvalue weighted by Crippen LogP contribution is -2.36. The van der Waals surface area contributed by atoms with E-state index in [9.17, 15) is 18.0 Å². The van der Waals surface area contributed by atoms with Crippen molar-refractivity contribution in [3.63, 3.8) is 0 Å². The van der Waals surface area contributed by atoms with Crippen molar-refractivity contribution in [3.8, 4) is 5.75 Å². The summed E-state index contributed by atoms with van der Waals surface area (Å²) >= 11 is 0. The number of ether oxygens (including phenoxy) is 1. The molecule has 0 aliphatic carbocycles. The van der Waals surface area contributed by atoms with Crippen LogP contribution in [0.15, 0.2) is 30.7 Å². The molecule has 0 saturated carbocycles. The van der Waals surface area contributed by atoms with Gasteiger partial charge in [-0.1, -0.05) is 0 Å². The summed E-state index contributed by atoms with van der Waals surface area (Å²) in [6, 6.07) is 3.40. The van der Waals surface area contributed by atoms with E-state index in [2.05, 4.69) is 15.3 Å². The van der Waals surface area contributed by atoms with E-state index in [0.29, 0.717) is 37.5 Å². The largest absolute Gasteiger partial charge is 0.482 e. The molecule has 6 nitrogen and oxygen atoms in total. The summed E-state index contributed by atoms with van der Waals surface area (Å²) in [4.78, 5) is 19.3. The van der Waals surface area contributed by atoms with Crippen LogP contribution in [0.3, 0.4) is 0 Å². The highest BCUT2D eigenvalue weighted by molar-refractivity contribution is 5.77. The van der Waals surface area contributed by atoms with Crippen LogP contribution in [-0.2, 0) is 23.9 Å². The number of carbonyl (C=O) groups excluding carboxylic acids is 1. The van der Waals surface area contributed by atoms with Crippen molar-refractivity contribution in [3.05, 3.63) is 42.2 Å². The number of nitrogens with zero attached hydrogens (tertiary/aromatic N) is 3. The average Bonchev–Trinajstić information content (AvgIpc) is 3.03. The first-order valence-electron chi connectivity index (χ1n) is 7.84. The van der Waals surface area contributed by atoms with Gasteiger partial charge in [0.05, 0.1) is 6.20 Å². The molecule has 2 aromatic heterocycles. The number of halogens is 3. The first kappa shape index (κ1) is 17.2. The minimum Gasteiger partial charge on any atom is -0.482 e. The van der Waals surface area contributed by atoms with E-state index in [1.165, 1.54) is 10.8 Å². The van der Waals surface area contributed by atoms with Crippen molar-refractivity contribution >= 4 is 5.91 Å². The number of nitrogens with one attached hydrogen (secondary N) is 1. The van der Waals surface area contributed by atoms with E-state index >= 15 is 0 Å². The molecular weight excluding hydrogens is 337 g/mol. The molecule has 3 heterocycles. The van der Waals surface area contributed by atoms with Gasteiger partial charge in [-0.3, -0.25) is 9.78 Å². The zero-order valence-electron chi connectivity index (χ0n) is 13.3. The number of carbonyl (C=O) groups is 1. The maximum absolute atomic E-state index is 12.7. The number of imidazole rings is 1. The first-order chi connectivity index (χ1) is 11.9. The van der Waals surface area contributed by atoms with Crippen LogP contribution in [0.5, 0.6) is 5.75 Å². The third-order valence-corrected chi connectivity index (χ3v) is 3.97. The average molecular weight is 354 g/mol. The second kappa shape index (κ2) is 7.12. The molecule has 1 atom stereocenters. The fourth-order valence-electron chi connectivity index (χ4n) is 2.71. The molecule has 0 radical (unpaired) electrons. The van der Waals surface area contributed by atoms with Gasteiger partial charge in [0, 0.05) is 31.9 Å². The highest BCUT2D eigenvalue weighted by Gasteiger charge is 2.35. The van der Waals surface area contributed by atoms with E-state index in [1.807, 2.05) is 0 Å². The van der Waals surface area contributed by atoms with Crippen LogP contribution in [0.4, 0.5) is 13.2 Å². The molecule has 1 amide bonds. The van der Waals surface area contributed by atoms with Gasteiger partial charge in [-0.05, 0) is 24.5 Å². The lowest BCUT2D eigenvalue weighted by Gasteiger charge is -2.23. The van der Waals surface area contributed by atoms with Gasteiger partial charge in [0.25, 0.3) is 5.91 Å². The third-order valence-electron chi connectivity index (χ3n) is 3.97. The minimum absolute atomic E-state index is 0.0603. The molecule has 0 aromatic carbocycles. The Morgan fingerprint density at radius 2 is 2.28 bits per heavy atom. The molecule has 0 fully saturated rings. The Kier molecular flexibility index (Phi) is 4.91. The van der Waals surface area contributed by atoms with E-state index in [1.54, 1.807) is 18.3 Å². The molecule has 25 heavy (non-hydrogen) atoms. The zero-order valence-corrected chi connectivity index (χ0v) is 13.3. The summed E-state index contributed by atoms with van der Waals surface area (Å²) in [5, 5.41) is 2.75. The van der Waals surface area contributed by atoms with Crippen molar-refractivity contribution in [2.45, 2.75) is 25.6 Å². The van der Waals surface area contributed by atoms with E-state index < -0.39 is 11.9 Å². The SMILES string of the molecule is O=C(COc1cccnc1)NCC1CCc2nc(C(F)(F)F)cn2C1. The van der Waals surface area contributed by atoms with Crippen molar-refractivity contribution in [1.82, 2.24) is 19.9 Å². The van der Waals surface area contributed by atoms with Crippen LogP contribution in [0, 0.1) is 5.92 Å². The van der Waals surface area contributed by atoms with Crippen molar-refractivity contribution < 1.29 is 22.7 Å². The van der Waals surface area contributed by atoms with E-state index in [4.69, 9.17) is 4.74 Å². The van der Waals surface area contributed by atoms with Crippen molar-refractivity contribution in [2.24, 2.45) is 5.92 Å². The summed E-state index contributed by atoms with van der Waals surface area (Å²) in [7, 11) is 0. The topological polar surface area (TPSA) is 69.0 Å². The van der Waals surface area contributed by atoms with Crippen LogP contribution in [-0.4, -0.2) is 33.6 Å². The van der Waals surface area contributed by atoms with E-state index in [-0.39, 0.29) is 18.4 Å². The monoisotopic (exact) mass is 354 g/mol. The molecule has 1 aliphatic rings. The highest BCUT2D eigenvalue weighted by atomic mass is 19.4. The molecule has 1 N–H and O–H groups in total. The Balaban J connectivity index is 1.46. The van der Waals surface area contributed by atoms with Gasteiger partial charge < -0.3 is 14.6 Å². The molecule has 0 bridgehead atoms. The van der Waals surface area contributed by atoms with Crippen LogP contribution >= 0.6 is 0 Å². The van der Waals surface area contributed by atoms with Crippen LogP contribution in [0.1, 0.15) is 17.9 Å². The number of amides is 1. The van der Waals surface area contributed by atoms with Crippen molar-refractivity contribution in [1.29, 1.82) is 0 Å². The fourth-order valence-corrected chi connectivity index (χ4v) is 2.71. The Labute approximate surface area is 142 Å². The molecule has 1 aliphatic heterocycles. The summed E-state index contributed by atoms with van der Waals surface area (Å²) in [5.41, 5.74) is -0.864. The summed E-state index contributed by atoms with van der Waals surface area (Å²) in [6.45, 7) is 0.656. The standard InChI is InChI=1S/C16H17F3N4O2/c17-16(18,19)13-9-23-8-11(3-4-14(23)22-13)6-21-15(24)10-25-12-2-1-5-20-7-12/h1-2,5,7,9,11H,3-4,6,8,10H2,(H,21,24). The predicted octanol–water partition coefficient (Wildman–Crippen LogP) is 2.05. The Morgan fingerprint density at radius 1 is 1.44 bits per heavy atom. The predicted molar refractivity (Wildman–Crippen MR) is 81.8 cm³/mol. The zero-order chi connectivity index (χ0) is 17.9. The number of aryl methyl sites for hydroxylation is 1. The number of hydrogen-bond acceptors (Lipinski definition) is 4. The smallest absolute Gasteiger partial charge is 0.434 e. The summed E-state index contributed by atoms with van der Waals surface area (Å²) in [6.07, 6.45) is 0.852. The molecule has 9 heteroatoms. The normalized spacial score (nSPS) is 17.0. The summed E-state index contributed by atoms with van der Waals surface area (Å²) < 4.78 is 44.9. The van der Waals surface area contributed by atoms with Crippen molar-refractivity contribution in [2.75, 3.05) is 13.2 Å². The lowest BCUT2D eigenvalue weighted by atomic mass is 9.99. The Morgan fingerprint density at radius 3 is 3.00 bits per heavy atom. The fraction of sp³-hybridized carbons (Fsp3) is 0.438. The molecule has 1 unspecified atom stereocenters. The van der Waals surface area contributed by atoms with Gasteiger partial charge in [0.1, 0.15) is 11.6 Å². The molecule has 0 spiro atoms. The number of pyridine rings is 1. The van der Waals surface area contributed by atoms with Gasteiger partial charge in [-0.2, -0.15) is 13.2 Å². The van der Waals surface area contributed by atoms with Gasteiger partial charge in [-0.25, -0.2) is 4.98 Å². The van der Waals surface area contributed by atoms with Gasteiger partial charge >= 0.3 is 6.18 Å². The number of alkyl halides is 3. The molecule has 0 saturated heterocycles. The molecular formula is C16H17F3N4O2.